The first-order valence-electron chi connectivity index (χ1n) is 6.43. The lowest BCUT2D eigenvalue weighted by atomic mass is 10.1. The zero-order valence-corrected chi connectivity index (χ0v) is 11.9. The van der Waals surface area contributed by atoms with Gasteiger partial charge in [-0.3, -0.25) is 4.79 Å². The number of carbonyl (C=O) groups is 1. The highest BCUT2D eigenvalue weighted by atomic mass is 16.1. The quantitative estimate of drug-likeness (QED) is 0.868. The molecule has 0 aliphatic heterocycles. The van der Waals surface area contributed by atoms with Crippen LogP contribution >= 0.6 is 0 Å². The molecule has 2 aromatic rings. The third-order valence-electron chi connectivity index (χ3n) is 3.67. The Kier molecular flexibility index (Phi) is 3.73. The molecule has 1 heterocycles. The van der Waals surface area contributed by atoms with Crippen molar-refractivity contribution in [2.24, 2.45) is 5.73 Å². The number of nitrogens with zero attached hydrogens (tertiary/aromatic N) is 2. The van der Waals surface area contributed by atoms with Crippen LogP contribution in [-0.2, 0) is 0 Å². The Morgan fingerprint density at radius 1 is 1.20 bits per heavy atom. The number of aromatic nitrogens is 1. The van der Waals surface area contributed by atoms with Crippen LogP contribution in [-0.4, -0.2) is 16.9 Å². The van der Waals surface area contributed by atoms with Gasteiger partial charge in [-0.1, -0.05) is 0 Å². The molecular formula is C16H17N3O. The van der Waals surface area contributed by atoms with E-state index in [1.165, 1.54) is 0 Å². The maximum absolute atomic E-state index is 12.0. The molecule has 1 aromatic heterocycles. The molecular weight excluding hydrogens is 250 g/mol. The first kappa shape index (κ1) is 14.0. The summed E-state index contributed by atoms with van der Waals surface area (Å²) in [5.41, 5.74) is 10.6. The van der Waals surface area contributed by atoms with Gasteiger partial charge in [-0.25, -0.2) is 0 Å². The predicted molar refractivity (Wildman–Crippen MR) is 78.1 cm³/mol. The van der Waals surface area contributed by atoms with Gasteiger partial charge >= 0.3 is 0 Å². The second-order valence-corrected chi connectivity index (χ2v) is 4.79. The van der Waals surface area contributed by atoms with E-state index in [9.17, 15) is 4.79 Å². The summed E-state index contributed by atoms with van der Waals surface area (Å²) in [4.78, 5) is 12.0. The van der Waals surface area contributed by atoms with Gasteiger partial charge in [0.15, 0.2) is 5.78 Å². The van der Waals surface area contributed by atoms with Crippen LogP contribution in [0, 0.1) is 32.1 Å². The number of hydrogen-bond donors (Lipinski definition) is 1. The van der Waals surface area contributed by atoms with Crippen LogP contribution in [0.3, 0.4) is 0 Å². The molecule has 0 aliphatic carbocycles. The summed E-state index contributed by atoms with van der Waals surface area (Å²) in [5, 5.41) is 8.85. The van der Waals surface area contributed by atoms with Crippen LogP contribution in [0.2, 0.25) is 0 Å². The summed E-state index contributed by atoms with van der Waals surface area (Å²) >= 11 is 0. The number of carbonyl (C=O) groups excluding carboxylic acids is 1. The van der Waals surface area contributed by atoms with Crippen molar-refractivity contribution in [1.29, 1.82) is 5.26 Å². The number of rotatable bonds is 3. The van der Waals surface area contributed by atoms with Crippen molar-refractivity contribution < 1.29 is 4.79 Å². The number of ketones is 1. The van der Waals surface area contributed by atoms with Crippen LogP contribution in [0.15, 0.2) is 24.3 Å². The monoisotopic (exact) mass is 267 g/mol. The first-order chi connectivity index (χ1) is 9.51. The van der Waals surface area contributed by atoms with Crippen LogP contribution in [0.5, 0.6) is 0 Å². The minimum atomic E-state index is -0.0458. The smallest absolute Gasteiger partial charge is 0.178 e. The number of Topliss-reactive ketones (excluding diaryl/α,β-unsaturated/α-hetero) is 1. The van der Waals surface area contributed by atoms with Gasteiger partial charge in [0.1, 0.15) is 0 Å². The molecule has 4 nitrogen and oxygen atoms in total. The molecule has 0 saturated carbocycles. The van der Waals surface area contributed by atoms with Crippen molar-refractivity contribution in [1.82, 2.24) is 4.57 Å². The average molecular weight is 267 g/mol. The van der Waals surface area contributed by atoms with Gasteiger partial charge in [-0.2, -0.15) is 5.26 Å². The summed E-state index contributed by atoms with van der Waals surface area (Å²) in [6.07, 6.45) is 0. The molecule has 4 heteroatoms. The van der Waals surface area contributed by atoms with Gasteiger partial charge in [0.05, 0.1) is 18.2 Å². The molecule has 2 rings (SSSR count). The van der Waals surface area contributed by atoms with E-state index in [2.05, 4.69) is 6.07 Å². The first-order valence-corrected chi connectivity index (χ1v) is 6.43. The number of nitriles is 1. The molecule has 1 aromatic carbocycles. The molecule has 2 N–H and O–H groups in total. The Morgan fingerprint density at radius 2 is 1.80 bits per heavy atom. The number of nitrogens with two attached hydrogens (primary N) is 1. The van der Waals surface area contributed by atoms with Gasteiger partial charge in [-0.05, 0) is 50.6 Å². The topological polar surface area (TPSA) is 71.8 Å². The van der Waals surface area contributed by atoms with E-state index in [0.29, 0.717) is 11.1 Å². The number of hydrogen-bond acceptors (Lipinski definition) is 3. The Bertz CT molecular complexity index is 703. The molecule has 0 fully saturated rings. The Hall–Kier alpha value is -2.38. The molecule has 0 atom stereocenters. The van der Waals surface area contributed by atoms with E-state index in [4.69, 9.17) is 11.0 Å². The van der Waals surface area contributed by atoms with Crippen LogP contribution in [0.25, 0.3) is 5.69 Å². The molecule has 0 radical (unpaired) electrons. The van der Waals surface area contributed by atoms with Gasteiger partial charge in [0, 0.05) is 22.6 Å². The predicted octanol–water partition coefficient (Wildman–Crippen LogP) is 2.42. The maximum atomic E-state index is 12.0. The second kappa shape index (κ2) is 5.32. The third-order valence-corrected chi connectivity index (χ3v) is 3.67. The summed E-state index contributed by atoms with van der Waals surface area (Å²) < 4.78 is 2.03. The Morgan fingerprint density at radius 3 is 2.30 bits per heavy atom. The van der Waals surface area contributed by atoms with Gasteiger partial charge in [-0.15, -0.1) is 0 Å². The SMILES string of the molecule is Cc1c(C(=O)CN)c(C)n(-c2ccc(C#N)cc2)c1C. The molecule has 0 amide bonds. The average Bonchev–Trinajstić information content (AvgIpc) is 2.69. The molecule has 0 unspecified atom stereocenters. The summed E-state index contributed by atoms with van der Waals surface area (Å²) in [5.74, 6) is -0.0458. The van der Waals surface area contributed by atoms with Crippen molar-refractivity contribution in [2.45, 2.75) is 20.8 Å². The van der Waals surface area contributed by atoms with Crippen molar-refractivity contribution in [3.63, 3.8) is 0 Å². The van der Waals surface area contributed by atoms with E-state index in [-0.39, 0.29) is 12.3 Å². The van der Waals surface area contributed by atoms with Crippen LogP contribution in [0.1, 0.15) is 32.9 Å². The molecule has 0 aliphatic rings. The van der Waals surface area contributed by atoms with E-state index in [0.717, 1.165) is 22.6 Å². The molecule has 0 spiro atoms. The van der Waals surface area contributed by atoms with Crippen LogP contribution in [0.4, 0.5) is 0 Å². The minimum absolute atomic E-state index is 0.0124. The Balaban J connectivity index is 2.63. The molecule has 0 bridgehead atoms. The molecule has 102 valence electrons. The standard InChI is InChI=1S/C16H17N3O/c1-10-11(2)19(12(3)16(10)15(20)9-18)14-6-4-13(8-17)5-7-14/h4-7H,9,18H2,1-3H3. The summed E-state index contributed by atoms with van der Waals surface area (Å²) in [7, 11) is 0. The normalized spacial score (nSPS) is 10.3. The lowest BCUT2D eigenvalue weighted by Crippen LogP contribution is -2.15. The van der Waals surface area contributed by atoms with Crippen molar-refractivity contribution in [3.05, 3.63) is 52.3 Å². The molecule has 20 heavy (non-hydrogen) atoms. The fraction of sp³-hybridized carbons (Fsp3) is 0.250. The highest BCUT2D eigenvalue weighted by Gasteiger charge is 2.19. The van der Waals surface area contributed by atoms with Gasteiger partial charge < -0.3 is 10.3 Å². The fourth-order valence-corrected chi connectivity index (χ4v) is 2.57. The Labute approximate surface area is 118 Å². The molecule has 0 saturated heterocycles. The van der Waals surface area contributed by atoms with E-state index >= 15 is 0 Å². The van der Waals surface area contributed by atoms with Gasteiger partial charge in [0.25, 0.3) is 0 Å². The van der Waals surface area contributed by atoms with E-state index in [1.54, 1.807) is 12.1 Å². The van der Waals surface area contributed by atoms with Crippen molar-refractivity contribution in [3.8, 4) is 11.8 Å². The highest BCUT2D eigenvalue weighted by Crippen LogP contribution is 2.26. The van der Waals surface area contributed by atoms with E-state index in [1.807, 2.05) is 37.5 Å². The van der Waals surface area contributed by atoms with Crippen LogP contribution < -0.4 is 5.73 Å². The third kappa shape index (κ3) is 2.13. The van der Waals surface area contributed by atoms with Crippen molar-refractivity contribution >= 4 is 5.78 Å². The van der Waals surface area contributed by atoms with Gasteiger partial charge in [0.2, 0.25) is 0 Å². The maximum Gasteiger partial charge on any atom is 0.178 e. The fourth-order valence-electron chi connectivity index (χ4n) is 2.57. The lowest BCUT2D eigenvalue weighted by Gasteiger charge is -2.09. The largest absolute Gasteiger partial charge is 0.324 e. The van der Waals surface area contributed by atoms with E-state index < -0.39 is 0 Å². The van der Waals surface area contributed by atoms with Crippen molar-refractivity contribution in [2.75, 3.05) is 6.54 Å². The minimum Gasteiger partial charge on any atom is -0.324 e. The zero-order valence-electron chi connectivity index (χ0n) is 11.9. The lowest BCUT2D eigenvalue weighted by molar-refractivity contribution is 0.100. The summed E-state index contributed by atoms with van der Waals surface area (Å²) in [6.45, 7) is 5.85. The zero-order chi connectivity index (χ0) is 14.9. The second-order valence-electron chi connectivity index (χ2n) is 4.79. The summed E-state index contributed by atoms with van der Waals surface area (Å²) in [6, 6.07) is 9.41. The highest BCUT2D eigenvalue weighted by molar-refractivity contribution is 6.00. The number of benzene rings is 1.